The van der Waals surface area contributed by atoms with Gasteiger partial charge in [-0.3, -0.25) is 15.1 Å². The number of nitrogens with zero attached hydrogens (tertiary/aromatic N) is 4. The Labute approximate surface area is 265 Å². The Hall–Kier alpha value is -6.29. The minimum Gasteiger partial charge on any atom is -0.496 e. The summed E-state index contributed by atoms with van der Waals surface area (Å²) in [5, 5.41) is 18.2. The van der Waals surface area contributed by atoms with Crippen LogP contribution in [0.5, 0.6) is 11.5 Å². The van der Waals surface area contributed by atoms with Crippen molar-refractivity contribution in [1.29, 1.82) is 0 Å². The number of hydrogen-bond acceptors (Lipinski definition) is 9. The maximum Gasteiger partial charge on any atom is 0.343 e. The summed E-state index contributed by atoms with van der Waals surface area (Å²) < 4.78 is 17.9. The zero-order valence-electron chi connectivity index (χ0n) is 24.7. The number of benzene rings is 5. The first-order chi connectivity index (χ1) is 22.5. The molecule has 0 saturated heterocycles. The number of non-ortho nitro benzene ring substituents is 1. The van der Waals surface area contributed by atoms with Gasteiger partial charge in [-0.1, -0.05) is 66.7 Å². The molecule has 0 aliphatic carbocycles. The van der Waals surface area contributed by atoms with Gasteiger partial charge in [0.2, 0.25) is 11.8 Å². The number of rotatable bonds is 9. The molecule has 0 aromatic heterocycles. The average Bonchev–Trinajstić information content (AvgIpc) is 3.10. The molecule has 5 aromatic carbocycles. The predicted molar refractivity (Wildman–Crippen MR) is 173 cm³/mol. The molecule has 0 unspecified atom stereocenters. The third kappa shape index (κ3) is 6.61. The maximum absolute atomic E-state index is 13.0. The second-order valence-corrected chi connectivity index (χ2v) is 10.2. The Morgan fingerprint density at radius 3 is 2.17 bits per heavy atom. The SMILES string of the molecule is COc1ccccc1CN1N=C(c2ccccc2)OC(=Nc2ccccc2OC(=O)c2ccccc2)[C@H]1c1ccc([N+](=O)[O-])cc1. The van der Waals surface area contributed by atoms with Crippen LogP contribution in [-0.2, 0) is 11.3 Å². The van der Waals surface area contributed by atoms with E-state index in [1.54, 1.807) is 67.8 Å². The van der Waals surface area contributed by atoms with Crippen LogP contribution in [0.15, 0.2) is 144 Å². The van der Waals surface area contributed by atoms with Gasteiger partial charge in [0.05, 0.1) is 24.1 Å². The Morgan fingerprint density at radius 2 is 1.48 bits per heavy atom. The van der Waals surface area contributed by atoms with Crippen molar-refractivity contribution < 1.29 is 23.9 Å². The van der Waals surface area contributed by atoms with E-state index >= 15 is 0 Å². The van der Waals surface area contributed by atoms with Gasteiger partial charge >= 0.3 is 5.97 Å². The molecule has 228 valence electrons. The van der Waals surface area contributed by atoms with Gasteiger partial charge in [-0.05, 0) is 60.2 Å². The van der Waals surface area contributed by atoms with Crippen molar-refractivity contribution in [2.45, 2.75) is 12.6 Å². The number of ether oxygens (including phenoxy) is 3. The number of methoxy groups -OCH3 is 1. The first kappa shape index (κ1) is 29.8. The summed E-state index contributed by atoms with van der Waals surface area (Å²) in [6, 6.07) is 38.0. The Morgan fingerprint density at radius 1 is 0.848 bits per heavy atom. The van der Waals surface area contributed by atoms with Gasteiger partial charge in [0.15, 0.2) is 5.75 Å². The molecule has 10 nitrogen and oxygen atoms in total. The summed E-state index contributed by atoms with van der Waals surface area (Å²) >= 11 is 0. The van der Waals surface area contributed by atoms with Crippen LogP contribution in [0.2, 0.25) is 0 Å². The fourth-order valence-corrected chi connectivity index (χ4v) is 4.97. The number of hydrogen-bond donors (Lipinski definition) is 0. The van der Waals surface area contributed by atoms with Crippen LogP contribution in [0.3, 0.4) is 0 Å². The van der Waals surface area contributed by atoms with Crippen LogP contribution in [0.1, 0.15) is 33.1 Å². The number of carbonyl (C=O) groups excluding carboxylic acids is 1. The van der Waals surface area contributed by atoms with Gasteiger partial charge < -0.3 is 14.2 Å². The van der Waals surface area contributed by atoms with Gasteiger partial charge in [-0.25, -0.2) is 9.79 Å². The van der Waals surface area contributed by atoms with Gasteiger partial charge in [0, 0.05) is 23.3 Å². The number of para-hydroxylation sites is 3. The Bertz CT molecular complexity index is 1910. The minimum absolute atomic E-state index is 0.0538. The molecule has 1 aliphatic rings. The normalized spacial score (nSPS) is 15.1. The lowest BCUT2D eigenvalue weighted by molar-refractivity contribution is -0.384. The van der Waals surface area contributed by atoms with Gasteiger partial charge in [0.25, 0.3) is 5.69 Å². The lowest BCUT2D eigenvalue weighted by Crippen LogP contribution is -2.38. The summed E-state index contributed by atoms with van der Waals surface area (Å²) in [6.07, 6.45) is 0. The van der Waals surface area contributed by atoms with E-state index in [1.165, 1.54) is 12.1 Å². The minimum atomic E-state index is -0.726. The molecule has 1 aliphatic heterocycles. The predicted octanol–water partition coefficient (Wildman–Crippen LogP) is 7.49. The molecule has 0 radical (unpaired) electrons. The highest BCUT2D eigenvalue weighted by molar-refractivity contribution is 6.05. The molecule has 0 spiro atoms. The summed E-state index contributed by atoms with van der Waals surface area (Å²) in [6.45, 7) is 0.287. The number of nitro groups is 1. The van der Waals surface area contributed by atoms with Crippen molar-refractivity contribution in [3.63, 3.8) is 0 Å². The molecule has 1 atom stereocenters. The Balaban J connectivity index is 1.48. The summed E-state index contributed by atoms with van der Waals surface area (Å²) in [5.41, 5.74) is 2.90. The van der Waals surface area contributed by atoms with Gasteiger partial charge in [0.1, 0.15) is 17.5 Å². The van der Waals surface area contributed by atoms with Gasteiger partial charge in [-0.2, -0.15) is 0 Å². The smallest absolute Gasteiger partial charge is 0.343 e. The quantitative estimate of drug-likeness (QED) is 0.0733. The molecule has 0 amide bonds. The van der Waals surface area contributed by atoms with Crippen molar-refractivity contribution in [3.8, 4) is 11.5 Å². The maximum atomic E-state index is 13.0. The highest BCUT2D eigenvalue weighted by Gasteiger charge is 2.34. The number of carbonyl (C=O) groups is 1. The molecule has 1 heterocycles. The van der Waals surface area contributed by atoms with Crippen molar-refractivity contribution in [2.75, 3.05) is 7.11 Å². The number of aliphatic imine (C=N–C) groups is 1. The number of nitro benzene ring substituents is 1. The summed E-state index contributed by atoms with van der Waals surface area (Å²) in [5.74, 6) is 0.889. The van der Waals surface area contributed by atoms with Crippen LogP contribution in [0, 0.1) is 10.1 Å². The van der Waals surface area contributed by atoms with Crippen molar-refractivity contribution in [2.24, 2.45) is 10.1 Å². The van der Waals surface area contributed by atoms with Crippen molar-refractivity contribution >= 4 is 29.1 Å². The zero-order valence-corrected chi connectivity index (χ0v) is 24.7. The fourth-order valence-electron chi connectivity index (χ4n) is 4.97. The molecule has 46 heavy (non-hydrogen) atoms. The molecule has 10 heteroatoms. The molecular weight excluding hydrogens is 584 g/mol. The largest absolute Gasteiger partial charge is 0.496 e. The topological polar surface area (TPSA) is 116 Å². The number of hydrazone groups is 1. The third-order valence-electron chi connectivity index (χ3n) is 7.23. The molecule has 0 N–H and O–H groups in total. The molecule has 5 aromatic rings. The van der Waals surface area contributed by atoms with E-state index < -0.39 is 16.9 Å². The van der Waals surface area contributed by atoms with Crippen LogP contribution in [0.25, 0.3) is 0 Å². The van der Waals surface area contributed by atoms with E-state index in [9.17, 15) is 14.9 Å². The van der Waals surface area contributed by atoms with Crippen LogP contribution in [0.4, 0.5) is 11.4 Å². The summed E-state index contributed by atoms with van der Waals surface area (Å²) in [4.78, 5) is 28.9. The highest BCUT2D eigenvalue weighted by Crippen LogP contribution is 2.36. The standard InChI is InChI=1S/C36H28N4O6/c1-44-31-18-10-8-16-28(31)24-39-33(25-20-22-29(23-21-25)40(42)43)35(46-34(38-39)26-12-4-2-5-13-26)37-30-17-9-11-19-32(30)45-36(41)27-14-6-3-7-15-27/h2-23,33H,24H2,1H3/t33-/m1/s1. The van der Waals surface area contributed by atoms with Gasteiger partial charge in [-0.15, -0.1) is 5.10 Å². The molecule has 0 bridgehead atoms. The second-order valence-electron chi connectivity index (χ2n) is 10.2. The van der Waals surface area contributed by atoms with E-state index in [0.29, 0.717) is 34.0 Å². The first-order valence-electron chi connectivity index (χ1n) is 14.4. The summed E-state index contributed by atoms with van der Waals surface area (Å²) in [7, 11) is 1.60. The van der Waals surface area contributed by atoms with Crippen LogP contribution in [-0.4, -0.2) is 34.8 Å². The van der Waals surface area contributed by atoms with Crippen molar-refractivity contribution in [3.05, 3.63) is 166 Å². The van der Waals surface area contributed by atoms with E-state index in [0.717, 1.165) is 5.56 Å². The van der Waals surface area contributed by atoms with E-state index in [-0.39, 0.29) is 23.9 Å². The highest BCUT2D eigenvalue weighted by atomic mass is 16.6. The number of esters is 1. The third-order valence-corrected chi connectivity index (χ3v) is 7.23. The molecular formula is C36H28N4O6. The lowest BCUT2D eigenvalue weighted by Gasteiger charge is -2.35. The van der Waals surface area contributed by atoms with E-state index in [1.807, 2.05) is 65.7 Å². The van der Waals surface area contributed by atoms with E-state index in [2.05, 4.69) is 0 Å². The Kier molecular flexibility index (Phi) is 8.78. The molecule has 6 rings (SSSR count). The second kappa shape index (κ2) is 13.6. The fraction of sp³-hybridized carbons (Fsp3) is 0.0833. The van der Waals surface area contributed by atoms with Crippen LogP contribution < -0.4 is 9.47 Å². The molecule has 0 saturated carbocycles. The zero-order chi connectivity index (χ0) is 31.9. The lowest BCUT2D eigenvalue weighted by atomic mass is 10.0. The van der Waals surface area contributed by atoms with E-state index in [4.69, 9.17) is 24.3 Å². The monoisotopic (exact) mass is 612 g/mol. The average molecular weight is 613 g/mol. The van der Waals surface area contributed by atoms with Crippen LogP contribution >= 0.6 is 0 Å². The van der Waals surface area contributed by atoms with Crippen molar-refractivity contribution in [1.82, 2.24) is 5.01 Å². The first-order valence-corrected chi connectivity index (χ1v) is 14.4. The molecule has 0 fully saturated rings.